The first kappa shape index (κ1) is 29.4. The number of aromatic amines is 2. The van der Waals surface area contributed by atoms with Crippen LogP contribution in [0.2, 0.25) is 0 Å². The summed E-state index contributed by atoms with van der Waals surface area (Å²) in [6.07, 6.45) is 9.25. The monoisotopic (exact) mass is 572 g/mol. The topological polar surface area (TPSA) is 117 Å². The third-order valence-corrected chi connectivity index (χ3v) is 8.11. The molecular weight excluding hydrogens is 532 g/mol. The molecule has 3 N–H and O–H groups in total. The molecule has 0 saturated carbocycles. The van der Waals surface area contributed by atoms with E-state index >= 15 is 0 Å². The van der Waals surface area contributed by atoms with Crippen LogP contribution in [0.25, 0.3) is 21.8 Å². The fourth-order valence-corrected chi connectivity index (χ4v) is 5.79. The van der Waals surface area contributed by atoms with Gasteiger partial charge in [-0.3, -0.25) is 9.59 Å². The first-order valence-corrected chi connectivity index (χ1v) is 14.8. The highest BCUT2D eigenvalue weighted by Gasteiger charge is 2.19. The van der Waals surface area contributed by atoms with Gasteiger partial charge in [0, 0.05) is 66.5 Å². The quantitative estimate of drug-likeness (QED) is 0.219. The Hall–Kier alpha value is -4.11. The van der Waals surface area contributed by atoms with Gasteiger partial charge in [0.2, 0.25) is 0 Å². The number of ether oxygens (including phenoxy) is 2. The Morgan fingerprint density at radius 3 is 1.93 bits per heavy atom. The van der Waals surface area contributed by atoms with Crippen molar-refractivity contribution in [2.75, 3.05) is 41.0 Å². The fourth-order valence-electron chi connectivity index (χ4n) is 5.79. The SMILES string of the molecule is CN(C)C(=O)COC(=O)c1ccc2[nH]c3c(c2c1)CCCC3.COCCNC(=O)c1ccc2[nH]c3c(c2c1)CCCC3. The van der Waals surface area contributed by atoms with E-state index in [1.54, 1.807) is 27.3 Å². The molecule has 0 radical (unpaired) electrons. The van der Waals surface area contributed by atoms with Crippen LogP contribution in [-0.2, 0) is 40.0 Å². The Bertz CT molecular complexity index is 1600. The number of hydrogen-bond donors (Lipinski definition) is 3. The summed E-state index contributed by atoms with van der Waals surface area (Å²) in [6, 6.07) is 11.4. The van der Waals surface area contributed by atoms with Gasteiger partial charge in [0.05, 0.1) is 12.2 Å². The summed E-state index contributed by atoms with van der Waals surface area (Å²) >= 11 is 0. The van der Waals surface area contributed by atoms with Gasteiger partial charge in [0.25, 0.3) is 11.8 Å². The van der Waals surface area contributed by atoms with E-state index in [1.807, 2.05) is 30.3 Å². The molecule has 2 heterocycles. The van der Waals surface area contributed by atoms with E-state index in [4.69, 9.17) is 9.47 Å². The van der Waals surface area contributed by atoms with Crippen LogP contribution in [0.15, 0.2) is 36.4 Å². The van der Waals surface area contributed by atoms with E-state index < -0.39 is 5.97 Å². The van der Waals surface area contributed by atoms with Gasteiger partial charge in [-0.05, 0) is 98.9 Å². The lowest BCUT2D eigenvalue weighted by Crippen LogP contribution is -2.27. The third kappa shape index (κ3) is 6.51. The van der Waals surface area contributed by atoms with E-state index in [1.165, 1.54) is 58.5 Å². The predicted molar refractivity (Wildman–Crippen MR) is 163 cm³/mol. The van der Waals surface area contributed by atoms with Crippen LogP contribution < -0.4 is 5.32 Å². The molecule has 2 amide bonds. The molecule has 2 aliphatic carbocycles. The van der Waals surface area contributed by atoms with Crippen molar-refractivity contribution in [2.24, 2.45) is 0 Å². The highest BCUT2D eigenvalue weighted by Crippen LogP contribution is 2.31. The Morgan fingerprint density at radius 1 is 0.810 bits per heavy atom. The highest BCUT2D eigenvalue weighted by atomic mass is 16.5. The zero-order chi connectivity index (χ0) is 29.6. The van der Waals surface area contributed by atoms with E-state index in [9.17, 15) is 14.4 Å². The maximum Gasteiger partial charge on any atom is 0.338 e. The molecule has 0 aliphatic heterocycles. The molecule has 4 aromatic rings. The van der Waals surface area contributed by atoms with Crippen molar-refractivity contribution in [2.45, 2.75) is 51.4 Å². The maximum atomic E-state index is 12.1. The second kappa shape index (κ2) is 13.2. The Morgan fingerprint density at radius 2 is 1.36 bits per heavy atom. The third-order valence-electron chi connectivity index (χ3n) is 8.11. The lowest BCUT2D eigenvalue weighted by Gasteiger charge is -2.11. The summed E-state index contributed by atoms with van der Waals surface area (Å²) < 4.78 is 10.0. The average Bonchev–Trinajstić information content (AvgIpc) is 3.57. The zero-order valence-corrected chi connectivity index (χ0v) is 24.7. The number of carbonyl (C=O) groups excluding carboxylic acids is 3. The van der Waals surface area contributed by atoms with Gasteiger partial charge in [0.15, 0.2) is 6.61 Å². The molecule has 2 aromatic carbocycles. The smallest absolute Gasteiger partial charge is 0.338 e. The Kier molecular flexibility index (Phi) is 9.27. The average molecular weight is 573 g/mol. The normalized spacial score (nSPS) is 14.0. The van der Waals surface area contributed by atoms with Gasteiger partial charge < -0.3 is 29.7 Å². The molecule has 222 valence electrons. The van der Waals surface area contributed by atoms with Crippen LogP contribution in [-0.4, -0.2) is 73.6 Å². The zero-order valence-electron chi connectivity index (χ0n) is 24.7. The number of hydrogen-bond acceptors (Lipinski definition) is 5. The van der Waals surface area contributed by atoms with Crippen LogP contribution >= 0.6 is 0 Å². The van der Waals surface area contributed by atoms with Crippen LogP contribution in [0.1, 0.15) is 68.9 Å². The van der Waals surface area contributed by atoms with E-state index in [0.717, 1.165) is 47.7 Å². The van der Waals surface area contributed by atoms with Crippen molar-refractivity contribution in [1.29, 1.82) is 0 Å². The molecule has 0 fully saturated rings. The Labute approximate surface area is 245 Å². The number of rotatable bonds is 7. The molecule has 0 spiro atoms. The molecular formula is C33H40N4O5. The van der Waals surface area contributed by atoms with E-state index in [-0.39, 0.29) is 18.4 Å². The van der Waals surface area contributed by atoms with Gasteiger partial charge in [-0.2, -0.15) is 0 Å². The number of methoxy groups -OCH3 is 1. The highest BCUT2D eigenvalue weighted by molar-refractivity contribution is 5.99. The lowest BCUT2D eigenvalue weighted by atomic mass is 9.95. The lowest BCUT2D eigenvalue weighted by molar-refractivity contribution is -0.131. The summed E-state index contributed by atoms with van der Waals surface area (Å²) in [6.45, 7) is 0.848. The van der Waals surface area contributed by atoms with Crippen LogP contribution in [0, 0.1) is 0 Å². The second-order valence-electron chi connectivity index (χ2n) is 11.2. The van der Waals surface area contributed by atoms with Crippen molar-refractivity contribution in [3.05, 3.63) is 70.0 Å². The number of aryl methyl sites for hydroxylation is 4. The number of aromatic nitrogens is 2. The molecule has 9 heteroatoms. The van der Waals surface area contributed by atoms with Gasteiger partial charge in [-0.15, -0.1) is 0 Å². The predicted octanol–water partition coefficient (Wildman–Crippen LogP) is 4.71. The molecule has 6 rings (SSSR count). The number of likely N-dealkylation sites (N-methyl/N-ethyl adjacent to an activating group) is 1. The van der Waals surface area contributed by atoms with Crippen molar-refractivity contribution < 1.29 is 23.9 Å². The number of carbonyl (C=O) groups is 3. The number of amides is 2. The second-order valence-corrected chi connectivity index (χ2v) is 11.2. The first-order valence-electron chi connectivity index (χ1n) is 14.8. The number of H-pyrrole nitrogens is 2. The van der Waals surface area contributed by atoms with E-state index in [2.05, 4.69) is 15.3 Å². The molecule has 0 saturated heterocycles. The number of esters is 1. The molecule has 42 heavy (non-hydrogen) atoms. The molecule has 0 bridgehead atoms. The number of fused-ring (bicyclic) bond motifs is 6. The van der Waals surface area contributed by atoms with Crippen molar-refractivity contribution >= 4 is 39.6 Å². The number of nitrogens with zero attached hydrogens (tertiary/aromatic N) is 1. The maximum absolute atomic E-state index is 12.1. The number of nitrogens with one attached hydrogen (secondary N) is 3. The first-order chi connectivity index (χ1) is 20.4. The molecule has 9 nitrogen and oxygen atoms in total. The minimum absolute atomic E-state index is 0.0327. The van der Waals surface area contributed by atoms with Crippen molar-refractivity contribution in [3.8, 4) is 0 Å². The molecule has 0 unspecified atom stereocenters. The summed E-state index contributed by atoms with van der Waals surface area (Å²) in [5.74, 6) is -0.717. The molecule has 2 aromatic heterocycles. The van der Waals surface area contributed by atoms with Gasteiger partial charge in [0.1, 0.15) is 0 Å². The van der Waals surface area contributed by atoms with Gasteiger partial charge in [-0.1, -0.05) is 0 Å². The summed E-state index contributed by atoms with van der Waals surface area (Å²) in [5.41, 5.74) is 8.78. The minimum Gasteiger partial charge on any atom is -0.452 e. The molecule has 0 atom stereocenters. The van der Waals surface area contributed by atoms with Crippen molar-refractivity contribution in [1.82, 2.24) is 20.2 Å². The minimum atomic E-state index is -0.456. The largest absolute Gasteiger partial charge is 0.452 e. The molecule has 2 aliphatic rings. The fraction of sp³-hybridized carbons (Fsp3) is 0.424. The van der Waals surface area contributed by atoms with Gasteiger partial charge >= 0.3 is 5.97 Å². The van der Waals surface area contributed by atoms with Crippen LogP contribution in [0.3, 0.4) is 0 Å². The van der Waals surface area contributed by atoms with Gasteiger partial charge in [-0.25, -0.2) is 4.79 Å². The summed E-state index contributed by atoms with van der Waals surface area (Å²) in [5, 5.41) is 5.17. The van der Waals surface area contributed by atoms with Crippen LogP contribution in [0.5, 0.6) is 0 Å². The van der Waals surface area contributed by atoms with Crippen LogP contribution in [0.4, 0.5) is 0 Å². The standard InChI is InChI=1S/C17H20N2O3.C16H20N2O2/c1-19(2)16(20)10-22-17(21)11-7-8-15-13(9-11)12-5-3-4-6-14(12)18-15;1-20-9-8-17-16(19)11-6-7-15-13(10-11)12-4-2-3-5-14(12)18-15/h7-9,18H,3-6,10H2,1-2H3;6-7,10,18H,2-5,8-9H2,1H3,(H,17,19). The van der Waals surface area contributed by atoms with Crippen molar-refractivity contribution in [3.63, 3.8) is 0 Å². The summed E-state index contributed by atoms with van der Waals surface area (Å²) in [4.78, 5) is 44.0. The number of benzene rings is 2. The van der Waals surface area contributed by atoms with E-state index in [0.29, 0.717) is 18.7 Å². The Balaban J connectivity index is 0.000000169. The summed E-state index contributed by atoms with van der Waals surface area (Å²) in [7, 11) is 4.90.